The quantitative estimate of drug-likeness (QED) is 0.784. The molecule has 0 spiro atoms. The molecular weight excluding hydrogens is 324 g/mol. The van der Waals surface area contributed by atoms with Crippen molar-refractivity contribution in [2.24, 2.45) is 5.92 Å². The Hall–Kier alpha value is -2.57. The van der Waals surface area contributed by atoms with E-state index in [1.165, 1.54) is 16.8 Å². The summed E-state index contributed by atoms with van der Waals surface area (Å²) in [6.45, 7) is 0.450. The summed E-state index contributed by atoms with van der Waals surface area (Å²) in [5.74, 6) is -2.66. The van der Waals surface area contributed by atoms with Gasteiger partial charge in [0.05, 0.1) is 5.92 Å². The molecule has 1 unspecified atom stereocenters. The van der Waals surface area contributed by atoms with Crippen LogP contribution in [0.1, 0.15) is 24.8 Å². The second-order valence-corrected chi connectivity index (χ2v) is 6.41. The average molecular weight is 348 g/mol. The lowest BCUT2D eigenvalue weighted by Crippen LogP contribution is -2.48. The molecule has 0 aromatic heterocycles. The van der Waals surface area contributed by atoms with Crippen molar-refractivity contribution in [3.63, 3.8) is 0 Å². The van der Waals surface area contributed by atoms with Crippen molar-refractivity contribution in [3.8, 4) is 0 Å². The van der Waals surface area contributed by atoms with Crippen LogP contribution in [-0.2, 0) is 16.0 Å². The van der Waals surface area contributed by atoms with Gasteiger partial charge in [-0.15, -0.1) is 0 Å². The van der Waals surface area contributed by atoms with Crippen LogP contribution < -0.4 is 0 Å². The Labute approximate surface area is 146 Å². The summed E-state index contributed by atoms with van der Waals surface area (Å²) < 4.78 is 0. The maximum absolute atomic E-state index is 12.5. The van der Waals surface area contributed by atoms with E-state index < -0.39 is 29.9 Å². The van der Waals surface area contributed by atoms with E-state index in [2.05, 4.69) is 0 Å². The summed E-state index contributed by atoms with van der Waals surface area (Å²) in [6.07, 6.45) is 2.11. The number of hydrogen-bond donors (Lipinski definition) is 2. The van der Waals surface area contributed by atoms with E-state index in [-0.39, 0.29) is 6.54 Å². The molecule has 25 heavy (non-hydrogen) atoms. The molecule has 7 heteroatoms. The first-order chi connectivity index (χ1) is 11.9. The molecule has 1 aliphatic heterocycles. The van der Waals surface area contributed by atoms with Gasteiger partial charge in [0.25, 0.3) is 0 Å². The van der Waals surface area contributed by atoms with Gasteiger partial charge in [-0.3, -0.25) is 4.79 Å². The van der Waals surface area contributed by atoms with E-state index in [0.717, 1.165) is 5.56 Å². The first kappa shape index (κ1) is 18.8. The number of aliphatic carboxylic acids is 2. The molecule has 0 saturated carbocycles. The largest absolute Gasteiger partial charge is 0.481 e. The third-order valence-corrected chi connectivity index (χ3v) is 4.58. The number of benzene rings is 1. The number of amides is 2. The molecule has 136 valence electrons. The highest BCUT2D eigenvalue weighted by molar-refractivity contribution is 5.83. The smallest absolute Gasteiger partial charge is 0.326 e. The van der Waals surface area contributed by atoms with Crippen LogP contribution in [0.25, 0.3) is 0 Å². The second-order valence-electron chi connectivity index (χ2n) is 6.41. The third-order valence-electron chi connectivity index (χ3n) is 4.58. The summed E-state index contributed by atoms with van der Waals surface area (Å²) in [7, 11) is 1.53. The van der Waals surface area contributed by atoms with Gasteiger partial charge in [-0.2, -0.15) is 0 Å². The summed E-state index contributed by atoms with van der Waals surface area (Å²) in [4.78, 5) is 37.9. The van der Waals surface area contributed by atoms with Gasteiger partial charge >= 0.3 is 18.0 Å². The van der Waals surface area contributed by atoms with Crippen molar-refractivity contribution < 1.29 is 24.6 Å². The second kappa shape index (κ2) is 8.50. The van der Waals surface area contributed by atoms with Crippen molar-refractivity contribution in [2.45, 2.75) is 31.7 Å². The molecule has 1 aliphatic rings. The lowest BCUT2D eigenvalue weighted by molar-refractivity contribution is -0.143. The number of carboxylic acid groups (broad SMARTS) is 2. The molecule has 1 aromatic rings. The van der Waals surface area contributed by atoms with Crippen LogP contribution >= 0.6 is 0 Å². The highest BCUT2D eigenvalue weighted by Gasteiger charge is 2.36. The Morgan fingerprint density at radius 1 is 1.24 bits per heavy atom. The van der Waals surface area contributed by atoms with E-state index in [1.54, 1.807) is 0 Å². The van der Waals surface area contributed by atoms with Crippen molar-refractivity contribution in [3.05, 3.63) is 35.9 Å². The van der Waals surface area contributed by atoms with Crippen LogP contribution in [0, 0.1) is 5.92 Å². The average Bonchev–Trinajstić information content (AvgIpc) is 3.08. The number of rotatable bonds is 7. The SMILES string of the molecule is CN(CC(CCc1ccccc1)C(=O)O)C(=O)N1CCC[C@H]1C(=O)O. The summed E-state index contributed by atoms with van der Waals surface area (Å²) in [5, 5.41) is 18.6. The number of hydrogen-bond acceptors (Lipinski definition) is 3. The standard InChI is InChI=1S/C18H24N2O5/c1-19(18(25)20-11-5-8-15(20)17(23)24)12-14(16(21)22)10-9-13-6-3-2-4-7-13/h2-4,6-7,14-15H,5,8-12H2,1H3,(H,21,22)(H,23,24)/t14?,15-/m0/s1. The third kappa shape index (κ3) is 4.95. The zero-order chi connectivity index (χ0) is 18.4. The van der Waals surface area contributed by atoms with Gasteiger partial charge in [-0.1, -0.05) is 30.3 Å². The van der Waals surface area contributed by atoms with Crippen molar-refractivity contribution in [2.75, 3.05) is 20.1 Å². The summed E-state index contributed by atoms with van der Waals surface area (Å²) in [6, 6.07) is 8.35. The fourth-order valence-electron chi connectivity index (χ4n) is 3.16. The molecule has 1 heterocycles. The molecule has 0 bridgehead atoms. The Morgan fingerprint density at radius 2 is 1.92 bits per heavy atom. The monoisotopic (exact) mass is 348 g/mol. The lowest BCUT2D eigenvalue weighted by Gasteiger charge is -2.29. The minimum Gasteiger partial charge on any atom is -0.481 e. The van der Waals surface area contributed by atoms with Crippen LogP contribution in [0.2, 0.25) is 0 Å². The Morgan fingerprint density at radius 3 is 2.52 bits per heavy atom. The van der Waals surface area contributed by atoms with Crippen LogP contribution in [0.5, 0.6) is 0 Å². The molecule has 2 rings (SSSR count). The van der Waals surface area contributed by atoms with Crippen LogP contribution in [0.3, 0.4) is 0 Å². The molecule has 1 fully saturated rings. The first-order valence-electron chi connectivity index (χ1n) is 8.41. The Balaban J connectivity index is 1.95. The number of carboxylic acids is 2. The fourth-order valence-corrected chi connectivity index (χ4v) is 3.16. The predicted octanol–water partition coefficient (Wildman–Crippen LogP) is 1.92. The molecular formula is C18H24N2O5. The van der Waals surface area contributed by atoms with Crippen molar-refractivity contribution in [1.29, 1.82) is 0 Å². The maximum atomic E-state index is 12.5. The molecule has 2 atom stereocenters. The van der Waals surface area contributed by atoms with Crippen LogP contribution in [0.15, 0.2) is 30.3 Å². The van der Waals surface area contributed by atoms with Crippen molar-refractivity contribution >= 4 is 18.0 Å². The zero-order valence-electron chi connectivity index (χ0n) is 14.3. The predicted molar refractivity (Wildman–Crippen MR) is 91.3 cm³/mol. The molecule has 1 aromatic carbocycles. The van der Waals surface area contributed by atoms with Gasteiger partial charge < -0.3 is 20.0 Å². The van der Waals surface area contributed by atoms with Gasteiger partial charge in [-0.05, 0) is 31.2 Å². The van der Waals surface area contributed by atoms with Crippen LogP contribution in [0.4, 0.5) is 4.79 Å². The molecule has 7 nitrogen and oxygen atoms in total. The number of aryl methyl sites for hydroxylation is 1. The minimum atomic E-state index is -1.02. The summed E-state index contributed by atoms with van der Waals surface area (Å²) >= 11 is 0. The minimum absolute atomic E-state index is 0.0594. The lowest BCUT2D eigenvalue weighted by atomic mass is 9.99. The Bertz CT molecular complexity index is 619. The number of nitrogens with zero attached hydrogens (tertiary/aromatic N) is 2. The van der Waals surface area contributed by atoms with E-state index in [1.807, 2.05) is 30.3 Å². The highest BCUT2D eigenvalue weighted by Crippen LogP contribution is 2.20. The Kier molecular flexibility index (Phi) is 6.38. The number of carbonyl (C=O) groups is 3. The maximum Gasteiger partial charge on any atom is 0.326 e. The molecule has 0 radical (unpaired) electrons. The normalized spacial score (nSPS) is 18.0. The highest BCUT2D eigenvalue weighted by atomic mass is 16.4. The first-order valence-corrected chi connectivity index (χ1v) is 8.41. The van der Waals surface area contributed by atoms with Gasteiger partial charge in [0.15, 0.2) is 0 Å². The number of carbonyl (C=O) groups excluding carboxylic acids is 1. The molecule has 0 aliphatic carbocycles. The van der Waals surface area contributed by atoms with Gasteiger partial charge in [0, 0.05) is 20.1 Å². The zero-order valence-corrected chi connectivity index (χ0v) is 14.3. The fraction of sp³-hybridized carbons (Fsp3) is 0.500. The topological polar surface area (TPSA) is 98.2 Å². The van der Waals surface area contributed by atoms with Gasteiger partial charge in [0.1, 0.15) is 6.04 Å². The van der Waals surface area contributed by atoms with E-state index in [0.29, 0.717) is 32.2 Å². The van der Waals surface area contributed by atoms with E-state index in [9.17, 15) is 24.6 Å². The summed E-state index contributed by atoms with van der Waals surface area (Å²) in [5.41, 5.74) is 1.05. The van der Waals surface area contributed by atoms with Gasteiger partial charge in [0.2, 0.25) is 0 Å². The van der Waals surface area contributed by atoms with Gasteiger partial charge in [-0.25, -0.2) is 9.59 Å². The van der Waals surface area contributed by atoms with E-state index in [4.69, 9.17) is 0 Å². The number of urea groups is 1. The van der Waals surface area contributed by atoms with Crippen LogP contribution in [-0.4, -0.2) is 64.2 Å². The molecule has 1 saturated heterocycles. The van der Waals surface area contributed by atoms with Crippen molar-refractivity contribution in [1.82, 2.24) is 9.80 Å². The molecule has 2 amide bonds. The number of likely N-dealkylation sites (tertiary alicyclic amines) is 1. The molecule has 2 N–H and O–H groups in total. The van der Waals surface area contributed by atoms with E-state index >= 15 is 0 Å².